The van der Waals surface area contributed by atoms with E-state index in [-0.39, 0.29) is 11.8 Å². The molecule has 2 fully saturated rings. The third-order valence-corrected chi connectivity index (χ3v) is 6.31. The maximum Gasteiger partial charge on any atom is 0.281 e. The molecule has 0 aromatic heterocycles. The first kappa shape index (κ1) is 17.2. The second-order valence-corrected chi connectivity index (χ2v) is 8.07. The summed E-state index contributed by atoms with van der Waals surface area (Å²) in [5, 5.41) is 0. The Hall–Kier alpha value is -1.19. The van der Waals surface area contributed by atoms with Gasteiger partial charge in [-0.25, -0.2) is 0 Å². The van der Waals surface area contributed by atoms with Crippen molar-refractivity contribution in [2.45, 2.75) is 12.8 Å². The Kier molecular flexibility index (Phi) is 5.41. The zero-order valence-electron chi connectivity index (χ0n) is 13.1. The van der Waals surface area contributed by atoms with Crippen molar-refractivity contribution in [3.63, 3.8) is 0 Å². The molecule has 8 nitrogen and oxygen atoms in total. The van der Waals surface area contributed by atoms with E-state index in [4.69, 9.17) is 0 Å². The maximum absolute atomic E-state index is 12.5. The van der Waals surface area contributed by atoms with Crippen molar-refractivity contribution in [2.24, 2.45) is 5.92 Å². The number of hydrogen-bond donors (Lipinski definition) is 0. The highest BCUT2D eigenvalue weighted by Gasteiger charge is 2.34. The summed E-state index contributed by atoms with van der Waals surface area (Å²) < 4.78 is 26.7. The van der Waals surface area contributed by atoms with Gasteiger partial charge in [-0.15, -0.1) is 0 Å². The Morgan fingerprint density at radius 2 is 1.59 bits per heavy atom. The average Bonchev–Trinajstić information content (AvgIpc) is 2.54. The zero-order valence-corrected chi connectivity index (χ0v) is 14.0. The largest absolute Gasteiger partial charge is 0.342 e. The van der Waals surface area contributed by atoms with Gasteiger partial charge in [-0.1, -0.05) is 0 Å². The van der Waals surface area contributed by atoms with Crippen LogP contribution in [0.1, 0.15) is 12.8 Å². The highest BCUT2D eigenvalue weighted by molar-refractivity contribution is 7.86. The smallest absolute Gasteiger partial charge is 0.281 e. The average molecular weight is 332 g/mol. The summed E-state index contributed by atoms with van der Waals surface area (Å²) in [5.41, 5.74) is 0. The minimum atomic E-state index is -3.39. The molecule has 0 aromatic rings. The first-order chi connectivity index (χ1) is 10.4. The lowest BCUT2D eigenvalue weighted by Gasteiger charge is -2.37. The topological polar surface area (TPSA) is 81.2 Å². The number of rotatable bonds is 4. The van der Waals surface area contributed by atoms with Crippen molar-refractivity contribution >= 4 is 22.5 Å². The quantitative estimate of drug-likeness (QED) is 0.606. The van der Waals surface area contributed by atoms with E-state index in [0.29, 0.717) is 52.1 Å². The zero-order chi connectivity index (χ0) is 16.3. The van der Waals surface area contributed by atoms with E-state index >= 15 is 0 Å². The minimum Gasteiger partial charge on any atom is -0.342 e. The lowest BCUT2D eigenvalue weighted by atomic mass is 9.96. The monoisotopic (exact) mass is 332 g/mol. The number of carbonyl (C=O) groups is 2. The van der Waals surface area contributed by atoms with Gasteiger partial charge in [0.2, 0.25) is 12.3 Å². The van der Waals surface area contributed by atoms with Crippen LogP contribution >= 0.6 is 0 Å². The fourth-order valence-corrected chi connectivity index (χ4v) is 4.00. The summed E-state index contributed by atoms with van der Waals surface area (Å²) in [5.74, 6) is -0.0242. The van der Waals surface area contributed by atoms with Crippen LogP contribution in [0.2, 0.25) is 0 Å². The van der Waals surface area contributed by atoms with Gasteiger partial charge in [0.15, 0.2) is 0 Å². The first-order valence-electron chi connectivity index (χ1n) is 7.52. The van der Waals surface area contributed by atoms with Crippen LogP contribution in [0.4, 0.5) is 0 Å². The molecule has 2 saturated heterocycles. The lowest BCUT2D eigenvalue weighted by Crippen LogP contribution is -2.52. The molecule has 0 N–H and O–H groups in total. The minimum absolute atomic E-state index is 0.0902. The molecule has 22 heavy (non-hydrogen) atoms. The van der Waals surface area contributed by atoms with Crippen LogP contribution in [0.3, 0.4) is 0 Å². The van der Waals surface area contributed by atoms with Gasteiger partial charge in [0, 0.05) is 59.3 Å². The summed E-state index contributed by atoms with van der Waals surface area (Å²) in [6.07, 6.45) is 1.92. The van der Waals surface area contributed by atoms with E-state index in [0.717, 1.165) is 6.41 Å². The second kappa shape index (κ2) is 6.93. The van der Waals surface area contributed by atoms with Gasteiger partial charge in [0.1, 0.15) is 0 Å². The molecule has 2 aliphatic heterocycles. The number of amides is 2. The normalized spacial score (nSPS) is 22.1. The Labute approximate surface area is 131 Å². The van der Waals surface area contributed by atoms with Crippen molar-refractivity contribution in [2.75, 3.05) is 53.4 Å². The highest BCUT2D eigenvalue weighted by atomic mass is 32.2. The third-order valence-electron chi connectivity index (χ3n) is 4.37. The second-order valence-electron chi connectivity index (χ2n) is 5.93. The van der Waals surface area contributed by atoms with Gasteiger partial charge in [0.25, 0.3) is 10.2 Å². The summed E-state index contributed by atoms with van der Waals surface area (Å²) >= 11 is 0. The van der Waals surface area contributed by atoms with Crippen LogP contribution < -0.4 is 0 Å². The fourth-order valence-electron chi connectivity index (χ4n) is 2.87. The van der Waals surface area contributed by atoms with Gasteiger partial charge in [0.05, 0.1) is 0 Å². The number of nitrogens with zero attached hydrogens (tertiary/aromatic N) is 4. The molecule has 2 rings (SSSR count). The van der Waals surface area contributed by atoms with Crippen LogP contribution in [-0.4, -0.2) is 92.5 Å². The molecule has 0 radical (unpaired) electrons. The van der Waals surface area contributed by atoms with Gasteiger partial charge in [-0.05, 0) is 12.8 Å². The number of hydrogen-bond acceptors (Lipinski definition) is 4. The molecular weight excluding hydrogens is 308 g/mol. The number of piperazine rings is 1. The first-order valence-corrected chi connectivity index (χ1v) is 8.91. The molecule has 0 bridgehead atoms. The Morgan fingerprint density at radius 3 is 2.05 bits per heavy atom. The van der Waals surface area contributed by atoms with Crippen LogP contribution in [0.5, 0.6) is 0 Å². The summed E-state index contributed by atoms with van der Waals surface area (Å²) in [4.78, 5) is 26.6. The Bertz CT molecular complexity index is 506. The predicted octanol–water partition coefficient (Wildman–Crippen LogP) is -1.19. The molecule has 2 amide bonds. The third kappa shape index (κ3) is 3.58. The Balaban J connectivity index is 1.87. The molecule has 0 saturated carbocycles. The van der Waals surface area contributed by atoms with Gasteiger partial charge >= 0.3 is 0 Å². The van der Waals surface area contributed by atoms with Crippen LogP contribution in [-0.2, 0) is 19.8 Å². The van der Waals surface area contributed by atoms with Crippen LogP contribution in [0, 0.1) is 5.92 Å². The summed E-state index contributed by atoms with van der Waals surface area (Å²) in [7, 11) is -0.362. The van der Waals surface area contributed by atoms with E-state index in [1.54, 1.807) is 9.80 Å². The molecule has 0 aliphatic carbocycles. The number of carbonyl (C=O) groups excluding carboxylic acids is 2. The molecule has 0 aromatic carbocycles. The predicted molar refractivity (Wildman–Crippen MR) is 81.1 cm³/mol. The lowest BCUT2D eigenvalue weighted by molar-refractivity contribution is -0.140. The van der Waals surface area contributed by atoms with Crippen molar-refractivity contribution in [1.29, 1.82) is 0 Å². The van der Waals surface area contributed by atoms with E-state index < -0.39 is 10.2 Å². The summed E-state index contributed by atoms with van der Waals surface area (Å²) in [6.45, 7) is 3.03. The molecule has 126 valence electrons. The van der Waals surface area contributed by atoms with E-state index in [9.17, 15) is 18.0 Å². The van der Waals surface area contributed by atoms with Crippen LogP contribution in [0.25, 0.3) is 0 Å². The molecule has 0 unspecified atom stereocenters. The van der Waals surface area contributed by atoms with Crippen molar-refractivity contribution in [1.82, 2.24) is 18.4 Å². The van der Waals surface area contributed by atoms with Gasteiger partial charge < -0.3 is 9.80 Å². The van der Waals surface area contributed by atoms with Crippen LogP contribution in [0.15, 0.2) is 0 Å². The number of piperidine rings is 1. The van der Waals surface area contributed by atoms with E-state index in [1.165, 1.54) is 22.7 Å². The standard InChI is InChI=1S/C13H24N4O4S/c1-14(2)22(20,21)17-5-3-12(4-6-17)13(19)16-9-7-15(11-18)8-10-16/h11-12H,3-10H2,1-2H3. The summed E-state index contributed by atoms with van der Waals surface area (Å²) in [6, 6.07) is 0. The molecule has 9 heteroatoms. The van der Waals surface area contributed by atoms with Crippen molar-refractivity contribution in [3.8, 4) is 0 Å². The fraction of sp³-hybridized carbons (Fsp3) is 0.846. The molecule has 2 heterocycles. The molecular formula is C13H24N4O4S. The van der Waals surface area contributed by atoms with Gasteiger partial charge in [-0.2, -0.15) is 17.0 Å². The SMILES string of the molecule is CN(C)S(=O)(=O)N1CCC(C(=O)N2CCN(C=O)CC2)CC1. The van der Waals surface area contributed by atoms with E-state index in [1.807, 2.05) is 0 Å². The molecule has 2 aliphatic rings. The maximum atomic E-state index is 12.5. The van der Waals surface area contributed by atoms with Gasteiger partial charge in [-0.3, -0.25) is 9.59 Å². The van der Waals surface area contributed by atoms with E-state index in [2.05, 4.69) is 0 Å². The molecule has 0 atom stereocenters. The Morgan fingerprint density at radius 1 is 1.05 bits per heavy atom. The van der Waals surface area contributed by atoms with Crippen molar-refractivity contribution in [3.05, 3.63) is 0 Å². The van der Waals surface area contributed by atoms with Crippen molar-refractivity contribution < 1.29 is 18.0 Å². The highest BCUT2D eigenvalue weighted by Crippen LogP contribution is 2.22. The molecule has 0 spiro atoms.